The first-order chi connectivity index (χ1) is 14.6. The molecule has 0 spiro atoms. The van der Waals surface area contributed by atoms with Crippen molar-refractivity contribution in [3.8, 4) is 0 Å². The molecule has 0 fully saturated rings. The molecule has 5 heteroatoms. The lowest BCUT2D eigenvalue weighted by atomic mass is 10.00. The zero-order valence-corrected chi connectivity index (χ0v) is 19.4. The molecule has 0 amide bonds. The second-order valence-electron chi connectivity index (χ2n) is 7.90. The van der Waals surface area contributed by atoms with Crippen molar-refractivity contribution in [3.63, 3.8) is 0 Å². The van der Waals surface area contributed by atoms with E-state index in [0.29, 0.717) is 6.42 Å². The highest BCUT2D eigenvalue weighted by atomic mass is 16.6. The highest BCUT2D eigenvalue weighted by molar-refractivity contribution is 5.94. The van der Waals surface area contributed by atoms with Crippen molar-refractivity contribution in [1.82, 2.24) is 0 Å². The van der Waals surface area contributed by atoms with E-state index < -0.39 is 17.9 Å². The third-order valence-corrected chi connectivity index (χ3v) is 5.30. The molecule has 1 aromatic rings. The van der Waals surface area contributed by atoms with Gasteiger partial charge in [0.1, 0.15) is 11.5 Å². The van der Waals surface area contributed by atoms with E-state index in [1.807, 2.05) is 0 Å². The molecule has 172 valence electrons. The maximum absolute atomic E-state index is 12.0. The van der Waals surface area contributed by atoms with Crippen molar-refractivity contribution in [3.05, 3.63) is 23.7 Å². The molecule has 0 bridgehead atoms. The van der Waals surface area contributed by atoms with Crippen molar-refractivity contribution in [1.29, 1.82) is 0 Å². The number of hydrogen-bond donors (Lipinski definition) is 0. The summed E-state index contributed by atoms with van der Waals surface area (Å²) in [6, 6.07) is 4.25. The average Bonchev–Trinajstić information content (AvgIpc) is 3.18. The van der Waals surface area contributed by atoms with Crippen LogP contribution in [0.3, 0.4) is 0 Å². The van der Waals surface area contributed by atoms with Gasteiger partial charge < -0.3 is 13.9 Å². The van der Waals surface area contributed by atoms with Crippen molar-refractivity contribution < 1.29 is 23.5 Å². The van der Waals surface area contributed by atoms with Gasteiger partial charge in [-0.15, -0.1) is 0 Å². The van der Waals surface area contributed by atoms with Crippen LogP contribution in [0.25, 0.3) is 0 Å². The Morgan fingerprint density at radius 3 is 1.70 bits per heavy atom. The summed E-state index contributed by atoms with van der Waals surface area (Å²) >= 11 is 0. The van der Waals surface area contributed by atoms with E-state index in [-0.39, 0.29) is 13.2 Å². The summed E-state index contributed by atoms with van der Waals surface area (Å²) in [7, 11) is 0. The predicted molar refractivity (Wildman–Crippen MR) is 119 cm³/mol. The lowest BCUT2D eigenvalue weighted by molar-refractivity contribution is -0.161. The number of carbonyl (C=O) groups excluding carboxylic acids is 2. The van der Waals surface area contributed by atoms with Crippen LogP contribution in [0.4, 0.5) is 0 Å². The summed E-state index contributed by atoms with van der Waals surface area (Å²) in [4.78, 5) is 23.9. The number of rotatable bonds is 18. The van der Waals surface area contributed by atoms with Gasteiger partial charge in [0.05, 0.1) is 13.2 Å². The average molecular weight is 423 g/mol. The predicted octanol–water partition coefficient (Wildman–Crippen LogP) is 6.42. The monoisotopic (exact) mass is 422 g/mol. The summed E-state index contributed by atoms with van der Waals surface area (Å²) in [6.45, 7) is 6.29. The molecule has 0 saturated heterocycles. The van der Waals surface area contributed by atoms with Crippen LogP contribution in [-0.4, -0.2) is 25.2 Å². The van der Waals surface area contributed by atoms with Gasteiger partial charge >= 0.3 is 11.9 Å². The molecular formula is C25H42O5. The topological polar surface area (TPSA) is 65.7 Å². The normalized spacial score (nSPS) is 11.1. The van der Waals surface area contributed by atoms with Crippen LogP contribution in [0.5, 0.6) is 0 Å². The van der Waals surface area contributed by atoms with E-state index in [4.69, 9.17) is 13.9 Å². The van der Waals surface area contributed by atoms with Crippen molar-refractivity contribution in [2.45, 2.75) is 104 Å². The lowest BCUT2D eigenvalue weighted by Crippen LogP contribution is -2.28. The van der Waals surface area contributed by atoms with Crippen molar-refractivity contribution >= 4 is 11.9 Å². The van der Waals surface area contributed by atoms with E-state index in [2.05, 4.69) is 19.1 Å². The molecule has 0 aliphatic heterocycles. The molecule has 0 aliphatic rings. The van der Waals surface area contributed by atoms with Crippen LogP contribution in [0.1, 0.15) is 103 Å². The first-order valence-corrected chi connectivity index (χ1v) is 12.0. The maximum Gasteiger partial charge on any atom is 0.320 e. The SMILES string of the molecule is CCCCCCc1ccc(CCCCCCCCC(C(=O)OCC)C(=O)OCC)o1. The number of esters is 2. The van der Waals surface area contributed by atoms with Gasteiger partial charge in [-0.3, -0.25) is 9.59 Å². The number of aryl methyl sites for hydroxylation is 2. The lowest BCUT2D eigenvalue weighted by Gasteiger charge is -2.14. The van der Waals surface area contributed by atoms with Crippen molar-refractivity contribution in [2.75, 3.05) is 13.2 Å². The Balaban J connectivity index is 2.12. The maximum atomic E-state index is 12.0. The highest BCUT2D eigenvalue weighted by Gasteiger charge is 2.28. The third-order valence-electron chi connectivity index (χ3n) is 5.30. The molecule has 5 nitrogen and oxygen atoms in total. The Bertz CT molecular complexity index is 560. The van der Waals surface area contributed by atoms with E-state index in [1.165, 1.54) is 32.1 Å². The van der Waals surface area contributed by atoms with Gasteiger partial charge in [-0.2, -0.15) is 0 Å². The van der Waals surface area contributed by atoms with Gasteiger partial charge in [0.2, 0.25) is 0 Å². The fourth-order valence-corrected chi connectivity index (χ4v) is 3.59. The van der Waals surface area contributed by atoms with Gasteiger partial charge in [-0.25, -0.2) is 0 Å². The summed E-state index contributed by atoms with van der Waals surface area (Å²) in [5.41, 5.74) is 0. The highest BCUT2D eigenvalue weighted by Crippen LogP contribution is 2.18. The molecule has 1 rings (SSSR count). The van der Waals surface area contributed by atoms with E-state index in [0.717, 1.165) is 56.5 Å². The smallest absolute Gasteiger partial charge is 0.320 e. The van der Waals surface area contributed by atoms with Gasteiger partial charge in [0.15, 0.2) is 5.92 Å². The first kappa shape index (κ1) is 26.3. The molecule has 0 radical (unpaired) electrons. The van der Waals surface area contributed by atoms with Gasteiger partial charge in [-0.1, -0.05) is 58.3 Å². The van der Waals surface area contributed by atoms with E-state index in [9.17, 15) is 9.59 Å². The largest absolute Gasteiger partial charge is 0.466 e. The zero-order chi connectivity index (χ0) is 22.0. The van der Waals surface area contributed by atoms with Crippen LogP contribution < -0.4 is 0 Å². The Kier molecular flexibility index (Phi) is 14.8. The Morgan fingerprint density at radius 1 is 0.733 bits per heavy atom. The standard InChI is InChI=1S/C25H42O5/c1-4-7-8-13-16-21-19-20-22(30-21)17-14-11-9-10-12-15-18-23(24(26)28-5-2)25(27)29-6-3/h19-20,23H,4-18H2,1-3H3. The Morgan fingerprint density at radius 2 is 1.20 bits per heavy atom. The number of carbonyl (C=O) groups is 2. The summed E-state index contributed by atoms with van der Waals surface area (Å²) in [5.74, 6) is 0.532. The minimum Gasteiger partial charge on any atom is -0.466 e. The molecule has 30 heavy (non-hydrogen) atoms. The summed E-state index contributed by atoms with van der Waals surface area (Å²) < 4.78 is 16.0. The summed E-state index contributed by atoms with van der Waals surface area (Å²) in [5, 5.41) is 0. The van der Waals surface area contributed by atoms with Gasteiger partial charge in [0, 0.05) is 12.8 Å². The van der Waals surface area contributed by atoms with Gasteiger partial charge in [0.25, 0.3) is 0 Å². The molecule has 0 saturated carbocycles. The molecular weight excluding hydrogens is 380 g/mol. The zero-order valence-electron chi connectivity index (χ0n) is 19.4. The second-order valence-corrected chi connectivity index (χ2v) is 7.90. The fourth-order valence-electron chi connectivity index (χ4n) is 3.59. The van der Waals surface area contributed by atoms with Crippen LogP contribution in [0.15, 0.2) is 16.5 Å². The van der Waals surface area contributed by atoms with Crippen LogP contribution in [0.2, 0.25) is 0 Å². The molecule has 0 aliphatic carbocycles. The molecule has 0 unspecified atom stereocenters. The number of furan rings is 1. The van der Waals surface area contributed by atoms with Gasteiger partial charge in [-0.05, 0) is 45.2 Å². The van der Waals surface area contributed by atoms with Crippen LogP contribution in [-0.2, 0) is 31.9 Å². The molecule has 0 atom stereocenters. The minimum absolute atomic E-state index is 0.282. The number of ether oxygens (including phenoxy) is 2. The summed E-state index contributed by atoms with van der Waals surface area (Å²) in [6.07, 6.45) is 14.1. The van der Waals surface area contributed by atoms with E-state index >= 15 is 0 Å². The molecule has 1 heterocycles. The Hall–Kier alpha value is -1.78. The van der Waals surface area contributed by atoms with Crippen LogP contribution in [0, 0.1) is 5.92 Å². The number of unbranched alkanes of at least 4 members (excludes halogenated alkanes) is 8. The molecule has 0 N–H and O–H groups in total. The molecule has 1 aromatic heterocycles. The minimum atomic E-state index is -0.778. The second kappa shape index (κ2) is 17.0. The quantitative estimate of drug-likeness (QED) is 0.155. The van der Waals surface area contributed by atoms with E-state index in [1.54, 1.807) is 13.8 Å². The molecule has 0 aromatic carbocycles. The van der Waals surface area contributed by atoms with Crippen molar-refractivity contribution in [2.24, 2.45) is 5.92 Å². The number of hydrogen-bond acceptors (Lipinski definition) is 5. The van der Waals surface area contributed by atoms with Crippen LogP contribution >= 0.6 is 0 Å². The third kappa shape index (κ3) is 11.4. The first-order valence-electron chi connectivity index (χ1n) is 12.0. The Labute approximate surface area is 182 Å². The fraction of sp³-hybridized carbons (Fsp3) is 0.760.